The van der Waals surface area contributed by atoms with Crippen molar-refractivity contribution < 1.29 is 4.39 Å². The highest BCUT2D eigenvalue weighted by molar-refractivity contribution is 5.91. The molecule has 0 aliphatic heterocycles. The Morgan fingerprint density at radius 2 is 1.44 bits per heavy atom. The largest absolute Gasteiger partial charge is 0.368 e. The zero-order valence-corrected chi connectivity index (χ0v) is 13.6. The first-order valence-corrected chi connectivity index (χ1v) is 7.87. The first-order chi connectivity index (χ1) is 12.1. The third-order valence-electron chi connectivity index (χ3n) is 4.02. The van der Waals surface area contributed by atoms with Crippen molar-refractivity contribution in [1.82, 2.24) is 15.0 Å². The maximum Gasteiger partial charge on any atom is 0.221 e. The summed E-state index contributed by atoms with van der Waals surface area (Å²) in [5.74, 6) is -0.0691. The maximum atomic E-state index is 13.2. The highest BCUT2D eigenvalue weighted by Gasteiger charge is 2.12. The van der Waals surface area contributed by atoms with Crippen LogP contribution in [0.2, 0.25) is 0 Å². The van der Waals surface area contributed by atoms with Crippen molar-refractivity contribution in [3.63, 3.8) is 0 Å². The first-order valence-electron chi connectivity index (χ1n) is 7.87. The topological polar surface area (TPSA) is 64.7 Å². The molecule has 2 heterocycles. The molecule has 0 radical (unpaired) electrons. The molecule has 0 spiro atoms. The van der Waals surface area contributed by atoms with Gasteiger partial charge < -0.3 is 5.73 Å². The summed E-state index contributed by atoms with van der Waals surface area (Å²) < 4.78 is 13.2. The molecular weight excluding hydrogens is 315 g/mol. The number of aromatic nitrogens is 3. The molecule has 2 aromatic heterocycles. The molecule has 5 heteroatoms. The lowest BCUT2D eigenvalue weighted by molar-refractivity contribution is 0.628. The fourth-order valence-electron chi connectivity index (χ4n) is 2.73. The van der Waals surface area contributed by atoms with E-state index in [0.29, 0.717) is 16.7 Å². The van der Waals surface area contributed by atoms with Crippen LogP contribution in [0.25, 0.3) is 33.5 Å². The van der Waals surface area contributed by atoms with Crippen molar-refractivity contribution in [3.8, 4) is 22.5 Å². The van der Waals surface area contributed by atoms with Gasteiger partial charge in [0.25, 0.3) is 0 Å². The molecule has 0 amide bonds. The Hall–Kier alpha value is -3.34. The van der Waals surface area contributed by atoms with Gasteiger partial charge in [0.1, 0.15) is 17.0 Å². The quantitative estimate of drug-likeness (QED) is 0.592. The van der Waals surface area contributed by atoms with Gasteiger partial charge in [-0.25, -0.2) is 19.3 Å². The molecule has 4 aromatic rings. The Morgan fingerprint density at radius 3 is 2.16 bits per heavy atom. The molecule has 0 fully saturated rings. The van der Waals surface area contributed by atoms with Crippen molar-refractivity contribution in [2.24, 2.45) is 0 Å². The third-order valence-corrected chi connectivity index (χ3v) is 4.02. The molecule has 25 heavy (non-hydrogen) atoms. The molecular formula is C20H15FN4. The smallest absolute Gasteiger partial charge is 0.221 e. The van der Waals surface area contributed by atoms with Crippen LogP contribution in [-0.4, -0.2) is 15.0 Å². The van der Waals surface area contributed by atoms with Crippen molar-refractivity contribution in [2.75, 3.05) is 5.73 Å². The van der Waals surface area contributed by atoms with E-state index in [1.54, 1.807) is 12.1 Å². The second kappa shape index (κ2) is 5.94. The number of nitrogen functional groups attached to an aromatic ring is 1. The highest BCUT2D eigenvalue weighted by atomic mass is 19.1. The monoisotopic (exact) mass is 330 g/mol. The van der Waals surface area contributed by atoms with Crippen molar-refractivity contribution in [2.45, 2.75) is 6.92 Å². The molecule has 0 atom stereocenters. The van der Waals surface area contributed by atoms with E-state index in [1.165, 1.54) is 12.1 Å². The molecule has 2 aromatic carbocycles. The van der Waals surface area contributed by atoms with Gasteiger partial charge in [0, 0.05) is 11.1 Å². The SMILES string of the molecule is Cc1ccc(-c2nc(N)nc3ccc(-c4ccc(F)cc4)nc23)cc1. The van der Waals surface area contributed by atoms with Gasteiger partial charge in [-0.15, -0.1) is 0 Å². The molecule has 2 N–H and O–H groups in total. The minimum Gasteiger partial charge on any atom is -0.368 e. The van der Waals surface area contributed by atoms with Gasteiger partial charge >= 0.3 is 0 Å². The fourth-order valence-corrected chi connectivity index (χ4v) is 2.73. The first kappa shape index (κ1) is 15.2. The molecule has 122 valence electrons. The molecule has 0 saturated heterocycles. The normalized spacial score (nSPS) is 11.0. The lowest BCUT2D eigenvalue weighted by Gasteiger charge is -2.09. The predicted octanol–water partition coefficient (Wildman–Crippen LogP) is 4.39. The molecule has 0 aliphatic carbocycles. The lowest BCUT2D eigenvalue weighted by Crippen LogP contribution is -2.00. The Balaban J connectivity index is 1.93. The Kier molecular flexibility index (Phi) is 3.61. The second-order valence-corrected chi connectivity index (χ2v) is 5.87. The number of pyridine rings is 1. The predicted molar refractivity (Wildman–Crippen MR) is 97.3 cm³/mol. The van der Waals surface area contributed by atoms with E-state index in [9.17, 15) is 4.39 Å². The van der Waals surface area contributed by atoms with Gasteiger partial charge in [-0.1, -0.05) is 29.8 Å². The number of fused-ring (bicyclic) bond motifs is 1. The zero-order valence-electron chi connectivity index (χ0n) is 13.6. The van der Waals surface area contributed by atoms with E-state index in [1.807, 2.05) is 43.3 Å². The summed E-state index contributed by atoms with van der Waals surface area (Å²) in [6.45, 7) is 2.03. The maximum absolute atomic E-state index is 13.2. The summed E-state index contributed by atoms with van der Waals surface area (Å²) in [5, 5.41) is 0. The van der Waals surface area contributed by atoms with Gasteiger partial charge in [-0.2, -0.15) is 0 Å². The molecule has 0 bridgehead atoms. The number of rotatable bonds is 2. The van der Waals surface area contributed by atoms with E-state index in [-0.39, 0.29) is 11.8 Å². The summed E-state index contributed by atoms with van der Waals surface area (Å²) in [6.07, 6.45) is 0. The van der Waals surface area contributed by atoms with Crippen LogP contribution in [0.4, 0.5) is 10.3 Å². The van der Waals surface area contributed by atoms with Crippen molar-refractivity contribution in [3.05, 3.63) is 72.0 Å². The van der Waals surface area contributed by atoms with Crippen LogP contribution < -0.4 is 5.73 Å². The number of halogens is 1. The van der Waals surface area contributed by atoms with Crippen LogP contribution in [0.1, 0.15) is 5.56 Å². The van der Waals surface area contributed by atoms with Gasteiger partial charge in [0.05, 0.1) is 11.2 Å². The van der Waals surface area contributed by atoms with E-state index < -0.39 is 0 Å². The number of anilines is 1. The third kappa shape index (κ3) is 2.92. The van der Waals surface area contributed by atoms with E-state index in [0.717, 1.165) is 22.4 Å². The molecule has 0 aliphatic rings. The van der Waals surface area contributed by atoms with Gasteiger partial charge in [0.15, 0.2) is 0 Å². The van der Waals surface area contributed by atoms with E-state index >= 15 is 0 Å². The van der Waals surface area contributed by atoms with E-state index in [2.05, 4.69) is 9.97 Å². The minimum atomic E-state index is -0.277. The van der Waals surface area contributed by atoms with Gasteiger partial charge in [0.2, 0.25) is 5.95 Å². The number of hydrogen-bond acceptors (Lipinski definition) is 4. The molecule has 4 nitrogen and oxygen atoms in total. The number of benzene rings is 2. The van der Waals surface area contributed by atoms with Crippen molar-refractivity contribution >= 4 is 17.0 Å². The minimum absolute atomic E-state index is 0.208. The summed E-state index contributed by atoms with van der Waals surface area (Å²) in [7, 11) is 0. The average molecular weight is 330 g/mol. The molecule has 4 rings (SSSR count). The Labute approximate surface area is 144 Å². The molecule has 0 saturated carbocycles. The highest BCUT2D eigenvalue weighted by Crippen LogP contribution is 2.28. The standard InChI is InChI=1S/C20H15FN4/c1-12-2-4-14(5-3-12)18-19-17(24-20(22)25-18)11-10-16(23-19)13-6-8-15(21)9-7-13/h2-11H,1H3,(H2,22,24,25). The van der Waals surface area contributed by atoms with Crippen LogP contribution in [0.5, 0.6) is 0 Å². The Bertz CT molecular complexity index is 1060. The average Bonchev–Trinajstić information content (AvgIpc) is 2.62. The number of aryl methyl sites for hydroxylation is 1. The van der Waals surface area contributed by atoms with Crippen LogP contribution in [0, 0.1) is 12.7 Å². The molecule has 0 unspecified atom stereocenters. The van der Waals surface area contributed by atoms with E-state index in [4.69, 9.17) is 10.7 Å². The summed E-state index contributed by atoms with van der Waals surface area (Å²) >= 11 is 0. The van der Waals surface area contributed by atoms with Crippen LogP contribution in [-0.2, 0) is 0 Å². The van der Waals surface area contributed by atoms with Crippen LogP contribution in [0.15, 0.2) is 60.7 Å². The van der Waals surface area contributed by atoms with Crippen LogP contribution >= 0.6 is 0 Å². The van der Waals surface area contributed by atoms with Crippen LogP contribution in [0.3, 0.4) is 0 Å². The Morgan fingerprint density at radius 1 is 0.760 bits per heavy atom. The van der Waals surface area contributed by atoms with Gasteiger partial charge in [-0.05, 0) is 43.3 Å². The van der Waals surface area contributed by atoms with Gasteiger partial charge in [-0.3, -0.25) is 0 Å². The summed E-state index contributed by atoms with van der Waals surface area (Å²) in [6, 6.07) is 18.0. The summed E-state index contributed by atoms with van der Waals surface area (Å²) in [5.41, 5.74) is 11.5. The fraction of sp³-hybridized carbons (Fsp3) is 0.0500. The van der Waals surface area contributed by atoms with Crippen molar-refractivity contribution in [1.29, 1.82) is 0 Å². The summed E-state index contributed by atoms with van der Waals surface area (Å²) in [4.78, 5) is 13.4. The number of hydrogen-bond donors (Lipinski definition) is 1. The second-order valence-electron chi connectivity index (χ2n) is 5.87. The number of nitrogens with two attached hydrogens (primary N) is 1. The zero-order chi connectivity index (χ0) is 17.4. The lowest BCUT2D eigenvalue weighted by atomic mass is 10.1. The number of nitrogens with zero attached hydrogens (tertiary/aromatic N) is 3.